The molecule has 2 aliphatic heterocycles. The van der Waals surface area contributed by atoms with E-state index in [0.717, 1.165) is 72.5 Å². The average Bonchev–Trinajstić information content (AvgIpc) is 3.43. The van der Waals surface area contributed by atoms with Gasteiger partial charge in [0.15, 0.2) is 0 Å². The third-order valence-electron chi connectivity index (χ3n) is 7.26. The molecule has 170 valence electrons. The Balaban J connectivity index is 1.33. The lowest BCUT2D eigenvalue weighted by molar-refractivity contribution is 0.0876. The largest absolute Gasteiger partial charge is 0.370 e. The van der Waals surface area contributed by atoms with Gasteiger partial charge in [0.1, 0.15) is 28.7 Å². The molecular weight excluding hydrogens is 418 g/mol. The minimum Gasteiger partial charge on any atom is -0.370 e. The predicted octanol–water partition coefficient (Wildman–Crippen LogP) is 2.94. The van der Waals surface area contributed by atoms with Crippen LogP contribution in [-0.2, 0) is 18.5 Å². The molecular formula is C24H27N7O2. The summed E-state index contributed by atoms with van der Waals surface area (Å²) in [5, 5.41) is 9.89. The molecule has 33 heavy (non-hydrogen) atoms. The number of pyridine rings is 2. The summed E-state index contributed by atoms with van der Waals surface area (Å²) in [7, 11) is 0. The smallest absolute Gasteiger partial charge is 0.277 e. The van der Waals surface area contributed by atoms with Crippen LogP contribution in [0.25, 0.3) is 0 Å². The fourth-order valence-corrected chi connectivity index (χ4v) is 5.59. The van der Waals surface area contributed by atoms with Crippen LogP contribution in [0.5, 0.6) is 0 Å². The number of H-pyrrole nitrogens is 1. The Morgan fingerprint density at radius 3 is 2.82 bits per heavy atom. The van der Waals surface area contributed by atoms with Gasteiger partial charge in [-0.05, 0) is 49.3 Å². The van der Waals surface area contributed by atoms with Crippen molar-refractivity contribution in [3.63, 3.8) is 0 Å². The molecule has 1 saturated carbocycles. The molecule has 3 aliphatic rings. The first-order chi connectivity index (χ1) is 16.1. The molecule has 9 nitrogen and oxygen atoms in total. The van der Waals surface area contributed by atoms with Crippen molar-refractivity contribution in [1.29, 1.82) is 0 Å². The third-order valence-corrected chi connectivity index (χ3v) is 7.26. The van der Waals surface area contributed by atoms with Crippen molar-refractivity contribution in [3.05, 3.63) is 63.2 Å². The van der Waals surface area contributed by atoms with E-state index in [4.69, 9.17) is 0 Å². The van der Waals surface area contributed by atoms with E-state index in [1.165, 1.54) is 0 Å². The van der Waals surface area contributed by atoms with E-state index in [1.807, 2.05) is 25.4 Å². The Bertz CT molecular complexity index is 1300. The number of carbonyl (C=O) groups excluding carboxylic acids is 1. The van der Waals surface area contributed by atoms with Gasteiger partial charge in [0, 0.05) is 49.7 Å². The number of fused-ring (bicyclic) bond motifs is 4. The van der Waals surface area contributed by atoms with Gasteiger partial charge in [-0.15, -0.1) is 0 Å². The molecule has 5 heterocycles. The van der Waals surface area contributed by atoms with Crippen molar-refractivity contribution in [2.24, 2.45) is 0 Å². The first kappa shape index (κ1) is 20.0. The molecule has 0 atom stereocenters. The molecule has 6 rings (SSSR count). The summed E-state index contributed by atoms with van der Waals surface area (Å²) in [4.78, 5) is 38.6. The van der Waals surface area contributed by atoms with Crippen LogP contribution in [0.4, 0.5) is 17.2 Å². The SMILES string of the molecule is Cc1c2c(c(=O)n3c1C(=O)NC31CCCCC1)Nc1cc(NCCc3ncc[nH]3)ncc1C2. The molecule has 0 radical (unpaired) electrons. The summed E-state index contributed by atoms with van der Waals surface area (Å²) in [5.41, 5.74) is 4.07. The highest BCUT2D eigenvalue weighted by atomic mass is 16.2. The van der Waals surface area contributed by atoms with Crippen LogP contribution in [0.3, 0.4) is 0 Å². The lowest BCUT2D eigenvalue weighted by Gasteiger charge is -2.36. The number of rotatable bonds is 4. The van der Waals surface area contributed by atoms with Crippen LogP contribution in [0.15, 0.2) is 29.5 Å². The monoisotopic (exact) mass is 445 g/mol. The number of nitrogens with zero attached hydrogens (tertiary/aromatic N) is 3. The quantitative estimate of drug-likeness (QED) is 0.384. The normalized spacial score (nSPS) is 17.7. The van der Waals surface area contributed by atoms with Gasteiger partial charge in [-0.1, -0.05) is 6.42 Å². The molecule has 9 heteroatoms. The van der Waals surface area contributed by atoms with Crippen molar-refractivity contribution in [2.75, 3.05) is 17.2 Å². The average molecular weight is 446 g/mol. The molecule has 0 saturated heterocycles. The zero-order valence-corrected chi connectivity index (χ0v) is 18.6. The lowest BCUT2D eigenvalue weighted by Crippen LogP contribution is -2.49. The van der Waals surface area contributed by atoms with E-state index >= 15 is 0 Å². The third kappa shape index (κ3) is 3.13. The van der Waals surface area contributed by atoms with Gasteiger partial charge < -0.3 is 20.9 Å². The molecule has 1 fully saturated rings. The van der Waals surface area contributed by atoms with Crippen LogP contribution >= 0.6 is 0 Å². The van der Waals surface area contributed by atoms with Crippen molar-refractivity contribution in [3.8, 4) is 0 Å². The number of carbonyl (C=O) groups is 1. The van der Waals surface area contributed by atoms with Crippen molar-refractivity contribution in [2.45, 2.75) is 57.5 Å². The summed E-state index contributed by atoms with van der Waals surface area (Å²) >= 11 is 0. The summed E-state index contributed by atoms with van der Waals surface area (Å²) in [5.74, 6) is 1.54. The standard InChI is InChI=1S/C24H27N7O2/c1-14-16-11-15-13-28-19(25-8-5-18-26-9-10-27-18)12-17(15)29-20(16)23(33)31-21(14)22(32)30-24(31)6-3-2-4-7-24/h9-10,12-13,29H,2-8,11H2,1H3,(H,25,28)(H,26,27)(H,30,32). The summed E-state index contributed by atoms with van der Waals surface area (Å²) < 4.78 is 1.75. The van der Waals surface area contributed by atoms with Crippen LogP contribution in [-0.4, -0.2) is 32.0 Å². The van der Waals surface area contributed by atoms with Gasteiger partial charge in [0.25, 0.3) is 11.5 Å². The minimum absolute atomic E-state index is 0.111. The molecule has 3 aromatic rings. The van der Waals surface area contributed by atoms with Gasteiger partial charge in [-0.25, -0.2) is 9.97 Å². The van der Waals surface area contributed by atoms with Crippen LogP contribution in [0, 0.1) is 6.92 Å². The zero-order valence-electron chi connectivity index (χ0n) is 18.6. The lowest BCUT2D eigenvalue weighted by atomic mass is 9.88. The van der Waals surface area contributed by atoms with E-state index in [-0.39, 0.29) is 11.5 Å². The molecule has 3 aromatic heterocycles. The second-order valence-electron chi connectivity index (χ2n) is 9.26. The number of hydrogen-bond donors (Lipinski definition) is 4. The van der Waals surface area contributed by atoms with Crippen molar-refractivity contribution in [1.82, 2.24) is 24.8 Å². The Kier molecular flexibility index (Phi) is 4.53. The number of imidazole rings is 1. The van der Waals surface area contributed by atoms with Crippen LogP contribution in [0.1, 0.15) is 65.1 Å². The van der Waals surface area contributed by atoms with Gasteiger partial charge >= 0.3 is 0 Å². The van der Waals surface area contributed by atoms with Gasteiger partial charge in [0.05, 0.1) is 0 Å². The first-order valence-electron chi connectivity index (χ1n) is 11.7. The van der Waals surface area contributed by atoms with Crippen LogP contribution in [0.2, 0.25) is 0 Å². The molecule has 1 spiro atoms. The molecule has 0 bridgehead atoms. The Morgan fingerprint density at radius 2 is 2.03 bits per heavy atom. The first-order valence-corrected chi connectivity index (χ1v) is 11.7. The number of amides is 1. The van der Waals surface area contributed by atoms with Gasteiger partial charge in [-0.3, -0.25) is 14.2 Å². The Hall–Kier alpha value is -3.62. The van der Waals surface area contributed by atoms with Crippen LogP contribution < -0.4 is 21.5 Å². The highest BCUT2D eigenvalue weighted by Gasteiger charge is 2.46. The van der Waals surface area contributed by atoms with Crippen molar-refractivity contribution < 1.29 is 4.79 Å². The van der Waals surface area contributed by atoms with Crippen molar-refractivity contribution >= 4 is 23.1 Å². The van der Waals surface area contributed by atoms with E-state index in [9.17, 15) is 9.59 Å². The molecule has 1 aliphatic carbocycles. The van der Waals surface area contributed by atoms with E-state index < -0.39 is 5.66 Å². The number of nitrogens with one attached hydrogen (secondary N) is 4. The molecule has 0 unspecified atom stereocenters. The Morgan fingerprint density at radius 1 is 1.18 bits per heavy atom. The number of aromatic amines is 1. The molecule has 1 amide bonds. The number of hydrogen-bond acceptors (Lipinski definition) is 6. The second-order valence-corrected chi connectivity index (χ2v) is 9.26. The number of anilines is 3. The Labute approximate surface area is 191 Å². The highest BCUT2D eigenvalue weighted by Crippen LogP contribution is 2.41. The maximum Gasteiger partial charge on any atom is 0.277 e. The van der Waals surface area contributed by atoms with Gasteiger partial charge in [-0.2, -0.15) is 0 Å². The highest BCUT2D eigenvalue weighted by molar-refractivity contribution is 5.98. The summed E-state index contributed by atoms with van der Waals surface area (Å²) in [6, 6.07) is 1.95. The fraction of sp³-hybridized carbons (Fsp3) is 0.417. The predicted molar refractivity (Wildman–Crippen MR) is 125 cm³/mol. The summed E-state index contributed by atoms with van der Waals surface area (Å²) in [6.07, 6.45) is 11.5. The molecule has 4 N–H and O–H groups in total. The summed E-state index contributed by atoms with van der Waals surface area (Å²) in [6.45, 7) is 2.65. The van der Waals surface area contributed by atoms with E-state index in [1.54, 1.807) is 10.8 Å². The zero-order chi connectivity index (χ0) is 22.6. The fourth-order valence-electron chi connectivity index (χ4n) is 5.59. The minimum atomic E-state index is -0.583. The second kappa shape index (κ2) is 7.47. The van der Waals surface area contributed by atoms with Gasteiger partial charge in [0.2, 0.25) is 0 Å². The maximum absolute atomic E-state index is 13.7. The van der Waals surface area contributed by atoms with E-state index in [0.29, 0.717) is 24.3 Å². The maximum atomic E-state index is 13.7. The molecule has 0 aromatic carbocycles. The van der Waals surface area contributed by atoms with E-state index in [2.05, 4.69) is 30.9 Å². The topological polar surface area (TPSA) is 117 Å². The number of aromatic nitrogens is 4.